The Labute approximate surface area is 80.2 Å². The van der Waals surface area contributed by atoms with Crippen LogP contribution in [-0.2, 0) is 13.1 Å². The van der Waals surface area contributed by atoms with Crippen molar-refractivity contribution in [2.45, 2.75) is 39.8 Å². The highest BCUT2D eigenvalue weighted by Crippen LogP contribution is 1.99. The molecule has 1 N–H and O–H groups in total. The largest absolute Gasteiger partial charge is 0.333 e. The number of imidazole rings is 1. The van der Waals surface area contributed by atoms with Crippen molar-refractivity contribution in [1.29, 1.82) is 0 Å². The summed E-state index contributed by atoms with van der Waals surface area (Å²) >= 11 is 0. The fraction of sp³-hybridized carbons (Fsp3) is 0.700. The van der Waals surface area contributed by atoms with Crippen molar-refractivity contribution < 1.29 is 0 Å². The van der Waals surface area contributed by atoms with E-state index in [4.69, 9.17) is 0 Å². The molecule has 0 fully saturated rings. The van der Waals surface area contributed by atoms with Crippen LogP contribution in [0, 0.1) is 0 Å². The van der Waals surface area contributed by atoms with Crippen LogP contribution in [0.5, 0.6) is 0 Å². The van der Waals surface area contributed by atoms with Gasteiger partial charge in [-0.15, -0.1) is 0 Å². The minimum absolute atomic E-state index is 0.938. The highest BCUT2D eigenvalue weighted by molar-refractivity contribution is 4.97. The Kier molecular flexibility index (Phi) is 4.54. The van der Waals surface area contributed by atoms with Crippen molar-refractivity contribution in [2.24, 2.45) is 0 Å². The number of rotatable bonds is 6. The van der Waals surface area contributed by atoms with E-state index < -0.39 is 0 Å². The van der Waals surface area contributed by atoms with Gasteiger partial charge in [-0.1, -0.05) is 13.8 Å². The highest BCUT2D eigenvalue weighted by Gasteiger charge is 1.99. The molecular formula is C10H19N3. The zero-order valence-corrected chi connectivity index (χ0v) is 8.58. The molecule has 0 aliphatic rings. The average molecular weight is 181 g/mol. The summed E-state index contributed by atoms with van der Waals surface area (Å²) < 4.78 is 2.21. The molecule has 1 aromatic rings. The second-order valence-electron chi connectivity index (χ2n) is 3.26. The van der Waals surface area contributed by atoms with E-state index in [0.717, 1.165) is 26.1 Å². The van der Waals surface area contributed by atoms with Crippen molar-refractivity contribution in [3.8, 4) is 0 Å². The predicted octanol–water partition coefficient (Wildman–Crippen LogP) is 1.79. The van der Waals surface area contributed by atoms with Crippen molar-refractivity contribution >= 4 is 0 Å². The van der Waals surface area contributed by atoms with Crippen molar-refractivity contribution in [3.05, 3.63) is 18.2 Å². The first kappa shape index (κ1) is 10.3. The van der Waals surface area contributed by atoms with Gasteiger partial charge in [-0.25, -0.2) is 4.98 Å². The van der Waals surface area contributed by atoms with Gasteiger partial charge in [0.15, 0.2) is 0 Å². The van der Waals surface area contributed by atoms with Gasteiger partial charge < -0.3 is 9.88 Å². The molecule has 0 aliphatic carbocycles. The van der Waals surface area contributed by atoms with Crippen LogP contribution in [0.4, 0.5) is 0 Å². The number of hydrogen-bond acceptors (Lipinski definition) is 2. The third-order valence-electron chi connectivity index (χ3n) is 2.00. The first-order valence-electron chi connectivity index (χ1n) is 5.08. The minimum atomic E-state index is 0.938. The summed E-state index contributed by atoms with van der Waals surface area (Å²) in [5.74, 6) is 0. The van der Waals surface area contributed by atoms with E-state index in [-0.39, 0.29) is 0 Å². The van der Waals surface area contributed by atoms with Crippen molar-refractivity contribution in [3.63, 3.8) is 0 Å². The van der Waals surface area contributed by atoms with Crippen LogP contribution >= 0.6 is 0 Å². The van der Waals surface area contributed by atoms with Crippen LogP contribution in [0.25, 0.3) is 0 Å². The normalized spacial score (nSPS) is 10.6. The van der Waals surface area contributed by atoms with Gasteiger partial charge in [-0.3, -0.25) is 0 Å². The summed E-state index contributed by atoms with van der Waals surface area (Å²) in [6.07, 6.45) is 6.20. The van der Waals surface area contributed by atoms with Gasteiger partial charge >= 0.3 is 0 Å². The van der Waals surface area contributed by atoms with E-state index in [1.807, 2.05) is 12.5 Å². The van der Waals surface area contributed by atoms with E-state index >= 15 is 0 Å². The van der Waals surface area contributed by atoms with Crippen LogP contribution < -0.4 is 5.32 Å². The van der Waals surface area contributed by atoms with Gasteiger partial charge in [0.2, 0.25) is 0 Å². The van der Waals surface area contributed by atoms with Crippen LogP contribution in [-0.4, -0.2) is 16.1 Å². The SMILES string of the molecule is CCCNCc1cncn1CCC. The topological polar surface area (TPSA) is 29.9 Å². The van der Waals surface area contributed by atoms with Gasteiger partial charge in [0.25, 0.3) is 0 Å². The summed E-state index contributed by atoms with van der Waals surface area (Å²) in [6, 6.07) is 0. The standard InChI is InChI=1S/C10H19N3/c1-3-5-11-7-10-8-12-9-13(10)6-4-2/h8-9,11H,3-7H2,1-2H3. The molecule has 0 radical (unpaired) electrons. The second kappa shape index (κ2) is 5.75. The first-order valence-corrected chi connectivity index (χ1v) is 5.08. The highest BCUT2D eigenvalue weighted by atomic mass is 15.1. The number of aryl methyl sites for hydroxylation is 1. The Bertz CT molecular complexity index is 230. The average Bonchev–Trinajstić information content (AvgIpc) is 2.54. The lowest BCUT2D eigenvalue weighted by molar-refractivity contribution is 0.598. The van der Waals surface area contributed by atoms with Crippen molar-refractivity contribution in [2.75, 3.05) is 6.54 Å². The molecule has 0 unspecified atom stereocenters. The predicted molar refractivity (Wildman–Crippen MR) is 54.5 cm³/mol. The van der Waals surface area contributed by atoms with E-state index in [1.165, 1.54) is 12.1 Å². The maximum Gasteiger partial charge on any atom is 0.0948 e. The molecule has 0 saturated heterocycles. The Morgan fingerprint density at radius 2 is 2.23 bits per heavy atom. The number of nitrogens with zero attached hydrogens (tertiary/aromatic N) is 2. The monoisotopic (exact) mass is 181 g/mol. The van der Waals surface area contributed by atoms with Gasteiger partial charge in [-0.2, -0.15) is 0 Å². The number of aromatic nitrogens is 2. The second-order valence-corrected chi connectivity index (χ2v) is 3.26. The maximum atomic E-state index is 4.14. The van der Waals surface area contributed by atoms with Gasteiger partial charge in [0.1, 0.15) is 0 Å². The number of nitrogens with one attached hydrogen (secondary N) is 1. The Balaban J connectivity index is 2.40. The molecule has 3 nitrogen and oxygen atoms in total. The molecule has 13 heavy (non-hydrogen) atoms. The Morgan fingerprint density at radius 3 is 2.92 bits per heavy atom. The van der Waals surface area contributed by atoms with Crippen LogP contribution in [0.15, 0.2) is 12.5 Å². The molecule has 0 spiro atoms. The third kappa shape index (κ3) is 3.19. The molecule has 0 aliphatic heterocycles. The summed E-state index contributed by atoms with van der Waals surface area (Å²) in [5, 5.41) is 3.38. The van der Waals surface area contributed by atoms with Gasteiger partial charge in [-0.05, 0) is 19.4 Å². The van der Waals surface area contributed by atoms with Crippen LogP contribution in [0.2, 0.25) is 0 Å². The smallest absolute Gasteiger partial charge is 0.0948 e. The van der Waals surface area contributed by atoms with E-state index in [2.05, 4.69) is 28.7 Å². The third-order valence-corrected chi connectivity index (χ3v) is 2.00. The fourth-order valence-corrected chi connectivity index (χ4v) is 1.33. The quantitative estimate of drug-likeness (QED) is 0.678. The molecule has 74 valence electrons. The maximum absolute atomic E-state index is 4.14. The van der Waals surface area contributed by atoms with Crippen molar-refractivity contribution in [1.82, 2.24) is 14.9 Å². The molecule has 1 aromatic heterocycles. The molecule has 3 heteroatoms. The fourth-order valence-electron chi connectivity index (χ4n) is 1.33. The van der Waals surface area contributed by atoms with Gasteiger partial charge in [0.05, 0.1) is 12.0 Å². The first-order chi connectivity index (χ1) is 6.38. The molecule has 0 bridgehead atoms. The lowest BCUT2D eigenvalue weighted by atomic mass is 10.4. The Morgan fingerprint density at radius 1 is 1.38 bits per heavy atom. The molecule has 0 saturated carbocycles. The summed E-state index contributed by atoms with van der Waals surface area (Å²) in [7, 11) is 0. The Hall–Kier alpha value is -0.830. The zero-order valence-electron chi connectivity index (χ0n) is 8.58. The van der Waals surface area contributed by atoms with E-state index in [0.29, 0.717) is 0 Å². The minimum Gasteiger partial charge on any atom is -0.333 e. The molecule has 0 atom stereocenters. The lowest BCUT2D eigenvalue weighted by Gasteiger charge is -2.06. The summed E-state index contributed by atoms with van der Waals surface area (Å²) in [4.78, 5) is 4.14. The number of hydrogen-bond donors (Lipinski definition) is 1. The van der Waals surface area contributed by atoms with E-state index in [1.54, 1.807) is 0 Å². The molecule has 0 amide bonds. The zero-order chi connectivity index (χ0) is 9.52. The molecular weight excluding hydrogens is 162 g/mol. The molecule has 1 heterocycles. The van der Waals surface area contributed by atoms with E-state index in [9.17, 15) is 0 Å². The van der Waals surface area contributed by atoms with Gasteiger partial charge in [0, 0.05) is 19.3 Å². The summed E-state index contributed by atoms with van der Waals surface area (Å²) in [5.41, 5.74) is 1.29. The summed E-state index contributed by atoms with van der Waals surface area (Å²) in [6.45, 7) is 7.45. The van der Waals surface area contributed by atoms with Crippen LogP contribution in [0.3, 0.4) is 0 Å². The molecule has 1 rings (SSSR count). The van der Waals surface area contributed by atoms with Crippen LogP contribution in [0.1, 0.15) is 32.4 Å². The molecule has 0 aromatic carbocycles. The lowest BCUT2D eigenvalue weighted by Crippen LogP contribution is -2.16.